The zero-order valence-corrected chi connectivity index (χ0v) is 8.48. The molecule has 0 aliphatic heterocycles. The smallest absolute Gasteiger partial charge is 0.351 e. The predicted octanol–water partition coefficient (Wildman–Crippen LogP) is 1.50. The van der Waals surface area contributed by atoms with E-state index in [0.717, 1.165) is 0 Å². The van der Waals surface area contributed by atoms with Crippen molar-refractivity contribution in [3.63, 3.8) is 0 Å². The van der Waals surface area contributed by atoms with Crippen LogP contribution in [0.4, 0.5) is 0 Å². The van der Waals surface area contributed by atoms with E-state index in [4.69, 9.17) is 4.42 Å². The van der Waals surface area contributed by atoms with Gasteiger partial charge in [0.15, 0.2) is 0 Å². The van der Waals surface area contributed by atoms with Crippen molar-refractivity contribution in [2.75, 3.05) is 0 Å². The third-order valence-corrected chi connectivity index (χ3v) is 2.07. The summed E-state index contributed by atoms with van der Waals surface area (Å²) in [6.07, 6.45) is 0. The van der Waals surface area contributed by atoms with Crippen molar-refractivity contribution in [3.05, 3.63) is 32.5 Å². The van der Waals surface area contributed by atoms with Crippen LogP contribution in [0.1, 0.15) is 0 Å². The molecule has 0 atom stereocenters. The van der Waals surface area contributed by atoms with Crippen LogP contribution in [-0.2, 0) is 0 Å². The molecule has 4 nitrogen and oxygen atoms in total. The summed E-state index contributed by atoms with van der Waals surface area (Å²) in [4.78, 5) is 15.2. The number of aromatic nitrogens is 1. The van der Waals surface area contributed by atoms with Crippen molar-refractivity contribution in [3.8, 4) is 5.75 Å². The van der Waals surface area contributed by atoms with E-state index in [9.17, 15) is 9.90 Å². The molecule has 0 aliphatic carbocycles. The first kappa shape index (κ1) is 8.49. The maximum atomic E-state index is 11.2. The molecule has 5 heteroatoms. The molecule has 13 heavy (non-hydrogen) atoms. The lowest BCUT2D eigenvalue weighted by Crippen LogP contribution is -2.02. The molecule has 1 N–H and O–H groups in total. The Bertz CT molecular complexity index is 520. The zero-order chi connectivity index (χ0) is 9.42. The van der Waals surface area contributed by atoms with Crippen LogP contribution in [0.25, 0.3) is 10.9 Å². The van der Waals surface area contributed by atoms with Gasteiger partial charge in [0, 0.05) is 22.6 Å². The molecular formula is C8H4INO3. The summed E-state index contributed by atoms with van der Waals surface area (Å²) in [5.41, 5.74) is -0.117. The van der Waals surface area contributed by atoms with Gasteiger partial charge in [-0.15, -0.1) is 0 Å². The lowest BCUT2D eigenvalue weighted by molar-refractivity contribution is 0.455. The Morgan fingerprint density at radius 3 is 3.00 bits per heavy atom. The van der Waals surface area contributed by atoms with Gasteiger partial charge in [-0.25, -0.2) is 9.78 Å². The first-order chi connectivity index (χ1) is 6.18. The van der Waals surface area contributed by atoms with Crippen molar-refractivity contribution < 1.29 is 9.52 Å². The Kier molecular flexibility index (Phi) is 1.95. The molecule has 0 saturated heterocycles. The van der Waals surface area contributed by atoms with E-state index in [2.05, 4.69) is 4.98 Å². The topological polar surface area (TPSA) is 63.3 Å². The van der Waals surface area contributed by atoms with Crippen LogP contribution >= 0.6 is 22.6 Å². The summed E-state index contributed by atoms with van der Waals surface area (Å²) < 4.78 is 5.00. The van der Waals surface area contributed by atoms with Crippen LogP contribution < -0.4 is 5.63 Å². The Morgan fingerprint density at radius 1 is 1.46 bits per heavy atom. The number of hydrogen-bond acceptors (Lipinski definition) is 4. The number of fused-ring (bicyclic) bond motifs is 1. The summed E-state index contributed by atoms with van der Waals surface area (Å²) in [6.45, 7) is 0. The number of aromatic hydroxyl groups is 1. The number of rotatable bonds is 0. The average molecular weight is 289 g/mol. The minimum atomic E-state index is -0.562. The van der Waals surface area contributed by atoms with Crippen molar-refractivity contribution in [1.29, 1.82) is 0 Å². The van der Waals surface area contributed by atoms with Crippen LogP contribution in [0.5, 0.6) is 5.75 Å². The maximum Gasteiger partial charge on any atom is 0.351 e. The molecule has 2 aromatic rings. The molecule has 0 saturated carbocycles. The van der Waals surface area contributed by atoms with Gasteiger partial charge in [-0.1, -0.05) is 6.07 Å². The second-order valence-electron chi connectivity index (χ2n) is 2.43. The van der Waals surface area contributed by atoms with Gasteiger partial charge in [0.1, 0.15) is 11.1 Å². The van der Waals surface area contributed by atoms with Crippen LogP contribution in [0.15, 0.2) is 27.4 Å². The van der Waals surface area contributed by atoms with Gasteiger partial charge in [-0.2, -0.15) is 0 Å². The van der Waals surface area contributed by atoms with Crippen molar-refractivity contribution >= 4 is 33.5 Å². The number of nitrogens with zero attached hydrogens (tertiary/aromatic N) is 1. The predicted molar refractivity (Wildman–Crippen MR) is 54.7 cm³/mol. The van der Waals surface area contributed by atoms with Gasteiger partial charge in [0.05, 0.1) is 5.52 Å². The Hall–Kier alpha value is -1.11. The molecule has 1 heterocycles. The fourth-order valence-corrected chi connectivity index (χ4v) is 1.54. The van der Waals surface area contributed by atoms with E-state index >= 15 is 0 Å². The van der Waals surface area contributed by atoms with Gasteiger partial charge in [-0.3, -0.25) is 0 Å². The van der Waals surface area contributed by atoms with E-state index in [0.29, 0.717) is 5.52 Å². The number of phenols is 1. The van der Waals surface area contributed by atoms with Crippen LogP contribution in [0, 0.1) is 3.90 Å². The van der Waals surface area contributed by atoms with Gasteiger partial charge in [-0.05, 0) is 12.1 Å². The lowest BCUT2D eigenvalue weighted by atomic mass is 10.2. The first-order valence-electron chi connectivity index (χ1n) is 3.47. The fraction of sp³-hybridized carbons (Fsp3) is 0. The monoisotopic (exact) mass is 289 g/mol. The van der Waals surface area contributed by atoms with Crippen molar-refractivity contribution in [1.82, 2.24) is 4.98 Å². The number of hydrogen-bond donors (Lipinski definition) is 1. The largest absolute Gasteiger partial charge is 0.507 e. The summed E-state index contributed by atoms with van der Waals surface area (Å²) in [5, 5.41) is 9.47. The molecule has 0 aliphatic rings. The van der Waals surface area contributed by atoms with Crippen LogP contribution in [0.2, 0.25) is 0 Å². The second kappa shape index (κ2) is 2.99. The van der Waals surface area contributed by atoms with E-state index in [1.807, 2.05) is 0 Å². The molecule has 1 aromatic carbocycles. The van der Waals surface area contributed by atoms with Crippen LogP contribution in [-0.4, -0.2) is 10.1 Å². The highest BCUT2D eigenvalue weighted by Crippen LogP contribution is 2.19. The van der Waals surface area contributed by atoms with Crippen molar-refractivity contribution in [2.45, 2.75) is 0 Å². The number of halogens is 1. The van der Waals surface area contributed by atoms with Gasteiger partial charge >= 0.3 is 5.63 Å². The highest BCUT2D eigenvalue weighted by atomic mass is 127. The average Bonchev–Trinajstić information content (AvgIpc) is 2.02. The summed E-state index contributed by atoms with van der Waals surface area (Å²) in [5.74, 6) is -0.102. The molecule has 0 amide bonds. The van der Waals surface area contributed by atoms with E-state index in [-0.39, 0.29) is 15.0 Å². The van der Waals surface area contributed by atoms with Gasteiger partial charge in [0.25, 0.3) is 3.90 Å². The molecule has 0 unspecified atom stereocenters. The first-order valence-corrected chi connectivity index (χ1v) is 4.54. The summed E-state index contributed by atoms with van der Waals surface area (Å²) >= 11 is 1.81. The molecule has 1 aromatic heterocycles. The maximum absolute atomic E-state index is 11.2. The van der Waals surface area contributed by atoms with Gasteiger partial charge in [0.2, 0.25) is 0 Å². The van der Waals surface area contributed by atoms with E-state index in [1.165, 1.54) is 6.07 Å². The summed E-state index contributed by atoms with van der Waals surface area (Å²) in [6, 6.07) is 4.70. The number of phenolic OH excluding ortho intramolecular Hbond substituents is 1. The van der Waals surface area contributed by atoms with E-state index in [1.54, 1.807) is 34.7 Å². The lowest BCUT2D eigenvalue weighted by Gasteiger charge is -1.97. The molecule has 0 bridgehead atoms. The third-order valence-electron chi connectivity index (χ3n) is 1.61. The SMILES string of the molecule is O=c1oc(I)nc2cccc(O)c12. The van der Waals surface area contributed by atoms with E-state index < -0.39 is 5.63 Å². The quantitative estimate of drug-likeness (QED) is 0.746. The Balaban J connectivity index is 3.03. The molecule has 66 valence electrons. The normalized spacial score (nSPS) is 10.5. The van der Waals surface area contributed by atoms with Gasteiger partial charge < -0.3 is 9.52 Å². The molecule has 0 fully saturated rings. The second-order valence-corrected chi connectivity index (χ2v) is 3.35. The minimum Gasteiger partial charge on any atom is -0.507 e. The zero-order valence-electron chi connectivity index (χ0n) is 6.32. The molecule has 0 spiro atoms. The third kappa shape index (κ3) is 1.39. The molecule has 0 radical (unpaired) electrons. The minimum absolute atomic E-state index is 0.102. The Labute approximate surface area is 86.4 Å². The Morgan fingerprint density at radius 2 is 2.23 bits per heavy atom. The fourth-order valence-electron chi connectivity index (χ4n) is 1.08. The molecule has 2 rings (SSSR count). The number of benzene rings is 1. The highest BCUT2D eigenvalue weighted by molar-refractivity contribution is 14.1. The van der Waals surface area contributed by atoms with Crippen LogP contribution in [0.3, 0.4) is 0 Å². The summed E-state index contributed by atoms with van der Waals surface area (Å²) in [7, 11) is 0. The molecular weight excluding hydrogens is 285 g/mol. The highest BCUT2D eigenvalue weighted by Gasteiger charge is 2.07. The van der Waals surface area contributed by atoms with Crippen molar-refractivity contribution in [2.24, 2.45) is 0 Å². The standard InChI is InChI=1S/C8H4INO3/c9-8-10-4-2-1-3-5(11)6(4)7(12)13-8/h1-3,11H.